The monoisotopic (exact) mass is 241 g/mol. The van der Waals surface area contributed by atoms with Gasteiger partial charge in [-0.25, -0.2) is 13.2 Å². The third kappa shape index (κ3) is 3.00. The van der Waals surface area contributed by atoms with Crippen molar-refractivity contribution in [2.45, 2.75) is 19.4 Å². The van der Waals surface area contributed by atoms with Crippen molar-refractivity contribution in [3.63, 3.8) is 0 Å². The van der Waals surface area contributed by atoms with Crippen molar-refractivity contribution in [3.05, 3.63) is 35.1 Å². The minimum atomic E-state index is -1.61. The normalized spacial score (nSPS) is 11.7. The maximum atomic E-state index is 12.9. The zero-order valence-electron chi connectivity index (χ0n) is 9.06. The van der Waals surface area contributed by atoms with E-state index in [0.29, 0.717) is 18.6 Å². The van der Waals surface area contributed by atoms with Crippen LogP contribution in [-0.2, 0) is 0 Å². The number of hydrogen-bond donors (Lipinski definition) is 1. The van der Waals surface area contributed by atoms with Gasteiger partial charge >= 0.3 is 0 Å². The lowest BCUT2D eigenvalue weighted by Gasteiger charge is -2.10. The van der Waals surface area contributed by atoms with Crippen molar-refractivity contribution in [2.24, 2.45) is 0 Å². The summed E-state index contributed by atoms with van der Waals surface area (Å²) in [6.07, 6.45) is 5.60. The summed E-state index contributed by atoms with van der Waals surface area (Å²) in [7, 11) is 0. The molecule has 0 bridgehead atoms. The molecule has 0 aliphatic heterocycles. The molecule has 0 aliphatic rings. The van der Waals surface area contributed by atoms with Gasteiger partial charge in [-0.3, -0.25) is 4.79 Å². The van der Waals surface area contributed by atoms with Crippen LogP contribution in [0, 0.1) is 29.8 Å². The Labute approximate surface area is 96.8 Å². The molecule has 0 saturated heterocycles. The van der Waals surface area contributed by atoms with Crippen molar-refractivity contribution in [1.82, 2.24) is 5.32 Å². The molecule has 0 radical (unpaired) electrons. The van der Waals surface area contributed by atoms with Gasteiger partial charge < -0.3 is 5.32 Å². The molecule has 1 unspecified atom stereocenters. The Kier molecular flexibility index (Phi) is 4.16. The minimum Gasteiger partial charge on any atom is -0.338 e. The Hall–Kier alpha value is -1.96. The third-order valence-electron chi connectivity index (χ3n) is 2.16. The summed E-state index contributed by atoms with van der Waals surface area (Å²) < 4.78 is 38.4. The van der Waals surface area contributed by atoms with E-state index in [1.165, 1.54) is 0 Å². The Morgan fingerprint density at radius 2 is 1.94 bits per heavy atom. The number of hydrogen-bond acceptors (Lipinski definition) is 1. The maximum absolute atomic E-state index is 12.9. The van der Waals surface area contributed by atoms with Crippen LogP contribution in [0.3, 0.4) is 0 Å². The number of terminal acetylenes is 1. The SMILES string of the molecule is C#CC(CC)NC(=O)c1cc(F)c(F)c(F)c1. The fourth-order valence-corrected chi connectivity index (χ4v) is 1.19. The van der Waals surface area contributed by atoms with Gasteiger partial charge in [-0.1, -0.05) is 12.8 Å². The molecule has 0 aliphatic carbocycles. The first-order chi connectivity index (χ1) is 7.99. The predicted molar refractivity (Wildman–Crippen MR) is 56.7 cm³/mol. The van der Waals surface area contributed by atoms with Gasteiger partial charge in [0.05, 0.1) is 6.04 Å². The van der Waals surface area contributed by atoms with Gasteiger partial charge in [-0.05, 0) is 18.6 Å². The van der Waals surface area contributed by atoms with E-state index in [-0.39, 0.29) is 5.56 Å². The van der Waals surface area contributed by atoms with Crippen molar-refractivity contribution in [3.8, 4) is 12.3 Å². The molecule has 0 saturated carbocycles. The van der Waals surface area contributed by atoms with E-state index in [1.807, 2.05) is 0 Å². The van der Waals surface area contributed by atoms with E-state index in [1.54, 1.807) is 6.92 Å². The van der Waals surface area contributed by atoms with Crippen LogP contribution in [0.15, 0.2) is 12.1 Å². The second-order valence-corrected chi connectivity index (χ2v) is 3.35. The van der Waals surface area contributed by atoms with E-state index in [0.717, 1.165) is 0 Å². The first-order valence-corrected chi connectivity index (χ1v) is 4.91. The van der Waals surface area contributed by atoms with E-state index in [9.17, 15) is 18.0 Å². The van der Waals surface area contributed by atoms with E-state index in [2.05, 4.69) is 11.2 Å². The van der Waals surface area contributed by atoms with Crippen LogP contribution in [0.1, 0.15) is 23.7 Å². The molecular weight excluding hydrogens is 231 g/mol. The third-order valence-corrected chi connectivity index (χ3v) is 2.16. The fraction of sp³-hybridized carbons (Fsp3) is 0.250. The highest BCUT2D eigenvalue weighted by molar-refractivity contribution is 5.94. The molecule has 5 heteroatoms. The zero-order chi connectivity index (χ0) is 13.0. The average Bonchev–Trinajstić information content (AvgIpc) is 2.31. The predicted octanol–water partition coefficient (Wildman–Crippen LogP) is 2.25. The summed E-state index contributed by atoms with van der Waals surface area (Å²) in [5.74, 6) is -2.88. The van der Waals surface area contributed by atoms with Crippen molar-refractivity contribution < 1.29 is 18.0 Å². The standard InChI is InChI=1S/C12H10F3NO/c1-3-8(4-2)16-12(17)7-5-9(13)11(15)10(14)6-7/h1,5-6,8H,4H2,2H3,(H,16,17). The molecule has 1 atom stereocenters. The number of nitrogens with one attached hydrogen (secondary N) is 1. The van der Waals surface area contributed by atoms with E-state index < -0.39 is 29.4 Å². The summed E-state index contributed by atoms with van der Waals surface area (Å²) in [6.45, 7) is 1.75. The van der Waals surface area contributed by atoms with Gasteiger partial charge in [-0.15, -0.1) is 6.42 Å². The van der Waals surface area contributed by atoms with Crippen LogP contribution in [-0.4, -0.2) is 11.9 Å². The highest BCUT2D eigenvalue weighted by atomic mass is 19.2. The highest BCUT2D eigenvalue weighted by Gasteiger charge is 2.16. The molecule has 1 aromatic carbocycles. The van der Waals surface area contributed by atoms with Gasteiger partial charge in [0.1, 0.15) is 0 Å². The van der Waals surface area contributed by atoms with Crippen LogP contribution < -0.4 is 5.32 Å². The Morgan fingerprint density at radius 3 is 2.35 bits per heavy atom. The molecule has 1 aromatic rings. The maximum Gasteiger partial charge on any atom is 0.252 e. The smallest absolute Gasteiger partial charge is 0.252 e. The molecule has 0 fully saturated rings. The Bertz CT molecular complexity index is 456. The first-order valence-electron chi connectivity index (χ1n) is 4.91. The molecule has 0 heterocycles. The topological polar surface area (TPSA) is 29.1 Å². The van der Waals surface area contributed by atoms with Crippen LogP contribution >= 0.6 is 0 Å². The number of halogens is 3. The van der Waals surface area contributed by atoms with Crippen LogP contribution in [0.25, 0.3) is 0 Å². The number of carbonyl (C=O) groups is 1. The number of carbonyl (C=O) groups excluding carboxylic acids is 1. The van der Waals surface area contributed by atoms with Crippen LogP contribution in [0.2, 0.25) is 0 Å². The summed E-state index contributed by atoms with van der Waals surface area (Å²) in [4.78, 5) is 11.5. The highest BCUT2D eigenvalue weighted by Crippen LogP contribution is 2.13. The van der Waals surface area contributed by atoms with Crippen molar-refractivity contribution in [2.75, 3.05) is 0 Å². The Morgan fingerprint density at radius 1 is 1.41 bits per heavy atom. The molecule has 0 aromatic heterocycles. The van der Waals surface area contributed by atoms with Gasteiger partial charge in [0.2, 0.25) is 0 Å². The summed E-state index contributed by atoms with van der Waals surface area (Å²) >= 11 is 0. The van der Waals surface area contributed by atoms with Gasteiger partial charge in [0, 0.05) is 5.56 Å². The number of benzene rings is 1. The first kappa shape index (κ1) is 13.1. The van der Waals surface area contributed by atoms with Crippen LogP contribution in [0.5, 0.6) is 0 Å². The molecule has 0 spiro atoms. The Balaban J connectivity index is 2.95. The molecule has 1 rings (SSSR count). The van der Waals surface area contributed by atoms with Crippen LogP contribution in [0.4, 0.5) is 13.2 Å². The average molecular weight is 241 g/mol. The van der Waals surface area contributed by atoms with Gasteiger partial charge in [0.15, 0.2) is 17.5 Å². The minimum absolute atomic E-state index is 0.310. The number of amides is 1. The lowest BCUT2D eigenvalue weighted by atomic mass is 10.1. The van der Waals surface area contributed by atoms with Gasteiger partial charge in [-0.2, -0.15) is 0 Å². The quantitative estimate of drug-likeness (QED) is 0.638. The van der Waals surface area contributed by atoms with Crippen molar-refractivity contribution in [1.29, 1.82) is 0 Å². The molecule has 1 amide bonds. The van der Waals surface area contributed by atoms with Gasteiger partial charge in [0.25, 0.3) is 5.91 Å². The second kappa shape index (κ2) is 5.39. The summed E-state index contributed by atoms with van der Waals surface area (Å²) in [5, 5.41) is 2.38. The molecule has 17 heavy (non-hydrogen) atoms. The molecule has 90 valence electrons. The molecule has 1 N–H and O–H groups in total. The largest absolute Gasteiger partial charge is 0.338 e. The second-order valence-electron chi connectivity index (χ2n) is 3.35. The molecular formula is C12H10F3NO. The molecule has 2 nitrogen and oxygen atoms in total. The lowest BCUT2D eigenvalue weighted by molar-refractivity contribution is 0.0944. The van der Waals surface area contributed by atoms with E-state index >= 15 is 0 Å². The van der Waals surface area contributed by atoms with E-state index in [4.69, 9.17) is 6.42 Å². The fourth-order valence-electron chi connectivity index (χ4n) is 1.19. The van der Waals surface area contributed by atoms with Crippen molar-refractivity contribution >= 4 is 5.91 Å². The zero-order valence-corrected chi connectivity index (χ0v) is 9.06. The summed E-state index contributed by atoms with van der Waals surface area (Å²) in [5.41, 5.74) is -0.310. The number of rotatable bonds is 3. The lowest BCUT2D eigenvalue weighted by Crippen LogP contribution is -2.33. The summed E-state index contributed by atoms with van der Waals surface area (Å²) in [6, 6.07) is 0.715.